The number of carbonyl (C=O) groups is 1. The number of hydrogen-bond donors (Lipinski definition) is 0. The summed E-state index contributed by atoms with van der Waals surface area (Å²) in [4.78, 5) is 10.1. The predicted octanol–water partition coefficient (Wildman–Crippen LogP) is 1.10. The highest BCUT2D eigenvalue weighted by molar-refractivity contribution is 5.89. The zero-order valence-electron chi connectivity index (χ0n) is 5.20. The third-order valence-corrected chi connectivity index (χ3v) is 0.942. The Morgan fingerprint density at radius 3 is 3.00 bits per heavy atom. The molecule has 0 atom stereocenters. The predicted molar refractivity (Wildman–Crippen MR) is 35.8 cm³/mol. The Bertz CT molecular complexity index is 236. The molecule has 1 radical (unpaired) electrons. The smallest absolute Gasteiger partial charge is 0.262 e. The van der Waals surface area contributed by atoms with Crippen molar-refractivity contribution >= 4 is 12.0 Å². The monoisotopic (exact) mass is 136 g/mol. The molecule has 10 heavy (non-hydrogen) atoms. The Kier molecular flexibility index (Phi) is 1.89. The zero-order chi connectivity index (χ0) is 7.40. The standard InChI is InChI=1S/C7H6NO2/c8-7(9)4-3-6-2-1-5-10-6/h1-5,8H. The fourth-order valence-electron chi connectivity index (χ4n) is 0.544. The van der Waals surface area contributed by atoms with Gasteiger partial charge in [-0.05, 0) is 18.2 Å². The van der Waals surface area contributed by atoms with E-state index in [4.69, 9.17) is 10.2 Å². The molecule has 1 N–H and O–H groups in total. The first-order valence-electron chi connectivity index (χ1n) is 2.76. The Morgan fingerprint density at radius 2 is 2.50 bits per heavy atom. The average molecular weight is 136 g/mol. The van der Waals surface area contributed by atoms with Gasteiger partial charge >= 0.3 is 0 Å². The van der Waals surface area contributed by atoms with Crippen molar-refractivity contribution in [3.05, 3.63) is 30.2 Å². The Labute approximate surface area is 58.1 Å². The first kappa shape index (κ1) is 6.61. The van der Waals surface area contributed by atoms with Crippen molar-refractivity contribution in [3.63, 3.8) is 0 Å². The van der Waals surface area contributed by atoms with Crippen molar-refractivity contribution in [1.82, 2.24) is 5.73 Å². The topological polar surface area (TPSA) is 54.0 Å². The molecule has 3 heteroatoms. The van der Waals surface area contributed by atoms with Crippen LogP contribution in [-0.2, 0) is 4.79 Å². The minimum atomic E-state index is -0.726. The van der Waals surface area contributed by atoms with Gasteiger partial charge in [-0.2, -0.15) is 0 Å². The molecule has 0 saturated carbocycles. The van der Waals surface area contributed by atoms with Crippen LogP contribution in [0.25, 0.3) is 6.08 Å². The van der Waals surface area contributed by atoms with E-state index in [9.17, 15) is 4.79 Å². The summed E-state index contributed by atoms with van der Waals surface area (Å²) in [7, 11) is 0. The maximum absolute atomic E-state index is 10.1. The van der Waals surface area contributed by atoms with Crippen molar-refractivity contribution in [2.45, 2.75) is 0 Å². The van der Waals surface area contributed by atoms with Gasteiger partial charge in [0, 0.05) is 6.08 Å². The first-order valence-corrected chi connectivity index (χ1v) is 2.76. The highest BCUT2D eigenvalue weighted by atomic mass is 16.3. The largest absolute Gasteiger partial charge is 0.465 e. The third-order valence-electron chi connectivity index (χ3n) is 0.942. The van der Waals surface area contributed by atoms with Gasteiger partial charge in [-0.1, -0.05) is 0 Å². The van der Waals surface area contributed by atoms with Crippen LogP contribution in [0.2, 0.25) is 0 Å². The second-order valence-electron chi connectivity index (χ2n) is 1.71. The molecule has 51 valence electrons. The fourth-order valence-corrected chi connectivity index (χ4v) is 0.544. The Hall–Kier alpha value is -1.51. The molecule has 1 aromatic heterocycles. The van der Waals surface area contributed by atoms with Gasteiger partial charge in [-0.3, -0.25) is 10.5 Å². The third kappa shape index (κ3) is 1.78. The fraction of sp³-hybridized carbons (Fsp3) is 0. The molecule has 1 rings (SSSR count). The van der Waals surface area contributed by atoms with Crippen LogP contribution in [0.15, 0.2) is 28.9 Å². The van der Waals surface area contributed by atoms with Gasteiger partial charge in [0.2, 0.25) is 0 Å². The summed E-state index contributed by atoms with van der Waals surface area (Å²) in [6.45, 7) is 0. The molecule has 0 unspecified atom stereocenters. The quantitative estimate of drug-likeness (QED) is 0.571. The first-order chi connectivity index (χ1) is 4.79. The van der Waals surface area contributed by atoms with Crippen LogP contribution in [0.4, 0.5) is 0 Å². The van der Waals surface area contributed by atoms with Gasteiger partial charge in [-0.25, -0.2) is 0 Å². The number of nitrogens with one attached hydrogen (secondary N) is 1. The summed E-state index contributed by atoms with van der Waals surface area (Å²) in [5, 5.41) is 0. The van der Waals surface area contributed by atoms with E-state index in [1.54, 1.807) is 12.1 Å². The van der Waals surface area contributed by atoms with E-state index in [-0.39, 0.29) is 0 Å². The van der Waals surface area contributed by atoms with Crippen LogP contribution in [-0.4, -0.2) is 5.91 Å². The van der Waals surface area contributed by atoms with Crippen LogP contribution in [0.5, 0.6) is 0 Å². The summed E-state index contributed by atoms with van der Waals surface area (Å²) in [6, 6.07) is 3.42. The molecule has 1 amide bonds. The van der Waals surface area contributed by atoms with Crippen LogP contribution < -0.4 is 5.73 Å². The van der Waals surface area contributed by atoms with Crippen LogP contribution in [0, 0.1) is 0 Å². The number of amides is 1. The second kappa shape index (κ2) is 2.87. The lowest BCUT2D eigenvalue weighted by Crippen LogP contribution is -1.88. The minimum Gasteiger partial charge on any atom is -0.465 e. The normalized spacial score (nSPS) is 10.4. The molecule has 0 fully saturated rings. The van der Waals surface area contributed by atoms with E-state index in [0.717, 1.165) is 6.08 Å². The lowest BCUT2D eigenvalue weighted by atomic mass is 10.4. The van der Waals surface area contributed by atoms with Crippen LogP contribution in [0.1, 0.15) is 5.76 Å². The van der Waals surface area contributed by atoms with Crippen molar-refractivity contribution in [2.75, 3.05) is 0 Å². The van der Waals surface area contributed by atoms with Crippen molar-refractivity contribution in [3.8, 4) is 0 Å². The van der Waals surface area contributed by atoms with E-state index in [1.165, 1.54) is 12.3 Å². The molecular formula is C7H6NO2. The average Bonchev–Trinajstić information content (AvgIpc) is 2.34. The molecule has 1 aromatic rings. The van der Waals surface area contributed by atoms with Gasteiger partial charge in [0.1, 0.15) is 5.76 Å². The molecule has 1 heterocycles. The van der Waals surface area contributed by atoms with E-state index in [0.29, 0.717) is 5.76 Å². The number of rotatable bonds is 2. The van der Waals surface area contributed by atoms with Crippen LogP contribution in [0.3, 0.4) is 0 Å². The van der Waals surface area contributed by atoms with E-state index < -0.39 is 5.91 Å². The molecular weight excluding hydrogens is 130 g/mol. The van der Waals surface area contributed by atoms with Crippen LogP contribution >= 0.6 is 0 Å². The van der Waals surface area contributed by atoms with Crippen molar-refractivity contribution in [1.29, 1.82) is 0 Å². The second-order valence-corrected chi connectivity index (χ2v) is 1.71. The van der Waals surface area contributed by atoms with Gasteiger partial charge in [-0.15, -0.1) is 0 Å². The summed E-state index contributed by atoms with van der Waals surface area (Å²) in [5.74, 6) is -0.142. The van der Waals surface area contributed by atoms with E-state index in [2.05, 4.69) is 0 Å². The summed E-state index contributed by atoms with van der Waals surface area (Å²) < 4.78 is 4.86. The lowest BCUT2D eigenvalue weighted by molar-refractivity contribution is -0.114. The van der Waals surface area contributed by atoms with Gasteiger partial charge in [0.15, 0.2) is 0 Å². The van der Waals surface area contributed by atoms with Gasteiger partial charge in [0.05, 0.1) is 6.26 Å². The lowest BCUT2D eigenvalue weighted by Gasteiger charge is -1.79. The summed E-state index contributed by atoms with van der Waals surface area (Å²) in [6.07, 6.45) is 4.10. The van der Waals surface area contributed by atoms with E-state index in [1.807, 2.05) is 0 Å². The zero-order valence-corrected chi connectivity index (χ0v) is 5.20. The molecule has 0 aliphatic rings. The SMILES string of the molecule is [NH]C(=O)C=Cc1ccco1. The molecule has 0 aliphatic carbocycles. The number of furan rings is 1. The maximum atomic E-state index is 10.1. The van der Waals surface area contributed by atoms with Crippen molar-refractivity contribution < 1.29 is 9.21 Å². The van der Waals surface area contributed by atoms with E-state index >= 15 is 0 Å². The Balaban J connectivity index is 2.64. The number of carbonyl (C=O) groups excluding carboxylic acids is 1. The van der Waals surface area contributed by atoms with Gasteiger partial charge < -0.3 is 4.42 Å². The summed E-state index contributed by atoms with van der Waals surface area (Å²) >= 11 is 0. The van der Waals surface area contributed by atoms with Crippen molar-refractivity contribution in [2.24, 2.45) is 0 Å². The molecule has 0 saturated heterocycles. The summed E-state index contributed by atoms with van der Waals surface area (Å²) in [5.41, 5.74) is 6.51. The molecule has 0 bridgehead atoms. The number of hydrogen-bond acceptors (Lipinski definition) is 2. The highest BCUT2D eigenvalue weighted by Gasteiger charge is 1.88. The molecule has 0 spiro atoms. The highest BCUT2D eigenvalue weighted by Crippen LogP contribution is 2.01. The molecule has 0 aliphatic heterocycles. The molecule has 0 aromatic carbocycles. The molecule has 3 nitrogen and oxygen atoms in total. The maximum Gasteiger partial charge on any atom is 0.262 e. The van der Waals surface area contributed by atoms with Gasteiger partial charge in [0.25, 0.3) is 5.91 Å². The minimum absolute atomic E-state index is 0.584. The Morgan fingerprint density at radius 1 is 1.70 bits per heavy atom.